The van der Waals surface area contributed by atoms with Crippen LogP contribution in [0.1, 0.15) is 56.1 Å². The van der Waals surface area contributed by atoms with Crippen molar-refractivity contribution in [2.75, 3.05) is 60.7 Å². The maximum Gasteiger partial charge on any atom is 0.355 e. The molecule has 2 aromatic heterocycles. The molecule has 0 spiro atoms. The molecular formula is C39H43ClN10O7. The van der Waals surface area contributed by atoms with Crippen molar-refractivity contribution < 1.29 is 33.4 Å². The number of amides is 4. The van der Waals surface area contributed by atoms with Crippen molar-refractivity contribution in [2.24, 2.45) is 0 Å². The Labute approximate surface area is 333 Å². The van der Waals surface area contributed by atoms with E-state index in [0.717, 1.165) is 6.42 Å². The van der Waals surface area contributed by atoms with Gasteiger partial charge in [0, 0.05) is 49.3 Å². The van der Waals surface area contributed by atoms with Gasteiger partial charge in [0.25, 0.3) is 0 Å². The molecule has 0 bridgehead atoms. The summed E-state index contributed by atoms with van der Waals surface area (Å²) in [6.45, 7) is 9.14. The zero-order valence-electron chi connectivity index (χ0n) is 32.1. The standard InChI is InChI=1S/C39H43ClN10O7/c1-23(35(52)43-28-11-7-10-27-26(28)20-30(42-27)38(55)57-39(2,3)4)25-9-6-12-32(49-17-16-48(21-33(49)51)15-8-18-56-5)34(25)45-37(54)36(53)44-29-19-24(40)13-14-31(29)50-22-41-46-47-50/h6-7,9-14,19-20,22-23,42H,8,15-18,21H2,1-5H3,(H,43,52)(H,44,53)(H,45,54). The van der Waals surface area contributed by atoms with Crippen molar-refractivity contribution in [3.05, 3.63) is 83.3 Å². The minimum Gasteiger partial charge on any atom is -0.455 e. The van der Waals surface area contributed by atoms with Crippen LogP contribution in [0.15, 0.2) is 67.0 Å². The molecule has 3 aromatic carbocycles. The van der Waals surface area contributed by atoms with Gasteiger partial charge in [0.05, 0.1) is 40.9 Å². The van der Waals surface area contributed by atoms with Crippen LogP contribution in [0.3, 0.4) is 0 Å². The number of hydrogen-bond donors (Lipinski definition) is 4. The van der Waals surface area contributed by atoms with E-state index in [2.05, 4.69) is 36.5 Å². The number of esters is 1. The number of H-pyrrole nitrogens is 1. The van der Waals surface area contributed by atoms with Crippen molar-refractivity contribution >= 4 is 74.9 Å². The summed E-state index contributed by atoms with van der Waals surface area (Å²) < 4.78 is 12.0. The fourth-order valence-corrected chi connectivity index (χ4v) is 6.57. The van der Waals surface area contributed by atoms with Gasteiger partial charge >= 0.3 is 17.8 Å². The number of methoxy groups -OCH3 is 1. The van der Waals surface area contributed by atoms with E-state index >= 15 is 0 Å². The second kappa shape index (κ2) is 17.3. The molecule has 57 heavy (non-hydrogen) atoms. The Morgan fingerprint density at radius 2 is 1.72 bits per heavy atom. The van der Waals surface area contributed by atoms with Gasteiger partial charge in [-0.15, -0.1) is 5.10 Å². The maximum absolute atomic E-state index is 14.1. The fourth-order valence-electron chi connectivity index (χ4n) is 6.40. The summed E-state index contributed by atoms with van der Waals surface area (Å²) in [5.74, 6) is -4.28. The van der Waals surface area contributed by atoms with Gasteiger partial charge in [-0.1, -0.05) is 29.8 Å². The number of carbonyl (C=O) groups excluding carboxylic acids is 5. The number of halogens is 1. The molecule has 1 saturated heterocycles. The average Bonchev–Trinajstić information content (AvgIpc) is 3.86. The lowest BCUT2D eigenvalue weighted by atomic mass is 9.96. The topological polar surface area (TPSA) is 206 Å². The Morgan fingerprint density at radius 3 is 2.44 bits per heavy atom. The first kappa shape index (κ1) is 40.5. The minimum absolute atomic E-state index is 0.111. The van der Waals surface area contributed by atoms with Crippen molar-refractivity contribution in [3.63, 3.8) is 0 Å². The van der Waals surface area contributed by atoms with Crippen LogP contribution in [0.2, 0.25) is 5.02 Å². The molecule has 4 N–H and O–H groups in total. The van der Waals surface area contributed by atoms with Crippen molar-refractivity contribution in [1.82, 2.24) is 30.1 Å². The lowest BCUT2D eigenvalue weighted by Gasteiger charge is -2.35. The molecule has 3 heterocycles. The summed E-state index contributed by atoms with van der Waals surface area (Å²) in [4.78, 5) is 74.5. The molecule has 1 aliphatic rings. The lowest BCUT2D eigenvalue weighted by molar-refractivity contribution is -0.133. The number of hydrogen-bond acceptors (Lipinski definition) is 11. The summed E-state index contributed by atoms with van der Waals surface area (Å²) in [6, 6.07) is 16.4. The zero-order valence-corrected chi connectivity index (χ0v) is 32.8. The van der Waals surface area contributed by atoms with Gasteiger partial charge in [-0.05, 0) is 92.6 Å². The highest BCUT2D eigenvalue weighted by Crippen LogP contribution is 2.37. The average molecular weight is 799 g/mol. The van der Waals surface area contributed by atoms with Crippen molar-refractivity contribution in [2.45, 2.75) is 45.6 Å². The number of tetrazole rings is 1. The lowest BCUT2D eigenvalue weighted by Crippen LogP contribution is -2.51. The molecule has 6 rings (SSSR count). The summed E-state index contributed by atoms with van der Waals surface area (Å²) in [7, 11) is 1.62. The van der Waals surface area contributed by atoms with E-state index in [4.69, 9.17) is 21.1 Å². The number of nitrogens with zero attached hydrogens (tertiary/aromatic N) is 6. The highest BCUT2D eigenvalue weighted by molar-refractivity contribution is 6.44. The maximum atomic E-state index is 14.1. The van der Waals surface area contributed by atoms with Crippen molar-refractivity contribution in [3.8, 4) is 5.69 Å². The Morgan fingerprint density at radius 1 is 0.947 bits per heavy atom. The molecule has 4 amide bonds. The first-order chi connectivity index (χ1) is 27.2. The molecule has 5 aromatic rings. The number of aromatic amines is 1. The van der Waals surface area contributed by atoms with Crippen LogP contribution < -0.4 is 20.9 Å². The molecule has 0 saturated carbocycles. The Hall–Kier alpha value is -6.17. The Bertz CT molecular complexity index is 2300. The third-order valence-corrected chi connectivity index (χ3v) is 9.37. The van der Waals surface area contributed by atoms with Gasteiger partial charge in [-0.2, -0.15) is 4.68 Å². The smallest absolute Gasteiger partial charge is 0.355 e. The molecule has 1 aliphatic heterocycles. The van der Waals surface area contributed by atoms with E-state index < -0.39 is 35.2 Å². The summed E-state index contributed by atoms with van der Waals surface area (Å²) in [5, 5.41) is 20.2. The molecular weight excluding hydrogens is 756 g/mol. The number of benzene rings is 3. The van der Waals surface area contributed by atoms with Gasteiger partial charge in [0.2, 0.25) is 11.8 Å². The number of piperazine rings is 1. The van der Waals surface area contributed by atoms with E-state index in [1.165, 1.54) is 17.1 Å². The molecule has 1 fully saturated rings. The van der Waals surface area contributed by atoms with Crippen LogP contribution in [-0.2, 0) is 28.7 Å². The zero-order chi connectivity index (χ0) is 40.9. The number of rotatable bonds is 12. The highest BCUT2D eigenvalue weighted by atomic mass is 35.5. The molecule has 0 aliphatic carbocycles. The number of nitrogens with one attached hydrogen (secondary N) is 4. The molecule has 298 valence electrons. The number of carbonyl (C=O) groups is 5. The third kappa shape index (κ3) is 9.62. The molecule has 18 heteroatoms. The molecule has 17 nitrogen and oxygen atoms in total. The Balaban J connectivity index is 1.30. The normalized spacial score (nSPS) is 14.0. The first-order valence-electron chi connectivity index (χ1n) is 18.2. The number of aromatic nitrogens is 5. The van der Waals surface area contributed by atoms with E-state index in [1.54, 1.807) is 94.3 Å². The predicted octanol–water partition coefficient (Wildman–Crippen LogP) is 4.76. The van der Waals surface area contributed by atoms with Crippen LogP contribution in [0.5, 0.6) is 0 Å². The second-order valence-electron chi connectivity index (χ2n) is 14.4. The fraction of sp³-hybridized carbons (Fsp3) is 0.333. The Kier molecular flexibility index (Phi) is 12.3. The number of fused-ring (bicyclic) bond motifs is 1. The molecule has 1 unspecified atom stereocenters. The highest BCUT2D eigenvalue weighted by Gasteiger charge is 2.31. The monoisotopic (exact) mass is 798 g/mol. The van der Waals surface area contributed by atoms with Crippen LogP contribution in [0.4, 0.5) is 22.7 Å². The SMILES string of the molecule is COCCCN1CCN(c2cccc(C(C)C(=O)Nc3cccc4[nH]c(C(=O)OC(C)(C)C)cc34)c2NC(=O)C(=O)Nc2cc(Cl)ccc2-n2cnnn2)C(=O)C1. The number of ether oxygens (including phenoxy) is 2. The van der Waals surface area contributed by atoms with Gasteiger partial charge in [-0.25, -0.2) is 4.79 Å². The summed E-state index contributed by atoms with van der Waals surface area (Å²) in [5.41, 5.74) is 1.82. The van der Waals surface area contributed by atoms with Gasteiger partial charge in [-0.3, -0.25) is 24.1 Å². The van der Waals surface area contributed by atoms with Crippen LogP contribution in [0.25, 0.3) is 16.6 Å². The van der Waals surface area contributed by atoms with Gasteiger partial charge < -0.3 is 35.3 Å². The molecule has 1 atom stereocenters. The van der Waals surface area contributed by atoms with Crippen LogP contribution >= 0.6 is 11.6 Å². The number of para-hydroxylation sites is 1. The second-order valence-corrected chi connectivity index (χ2v) is 14.8. The largest absolute Gasteiger partial charge is 0.455 e. The van der Waals surface area contributed by atoms with Crippen molar-refractivity contribution in [1.29, 1.82) is 0 Å². The number of anilines is 4. The summed E-state index contributed by atoms with van der Waals surface area (Å²) in [6.07, 6.45) is 2.07. The van der Waals surface area contributed by atoms with E-state index in [9.17, 15) is 24.0 Å². The van der Waals surface area contributed by atoms with Crippen LogP contribution in [0, 0.1) is 0 Å². The first-order valence-corrected chi connectivity index (χ1v) is 18.6. The predicted molar refractivity (Wildman–Crippen MR) is 214 cm³/mol. The quantitative estimate of drug-likeness (QED) is 0.0770. The van der Waals surface area contributed by atoms with Crippen LogP contribution in [-0.4, -0.2) is 105 Å². The van der Waals surface area contributed by atoms with E-state index in [1.807, 2.05) is 4.90 Å². The van der Waals surface area contributed by atoms with E-state index in [-0.39, 0.29) is 41.1 Å². The molecule has 0 radical (unpaired) electrons. The summed E-state index contributed by atoms with van der Waals surface area (Å²) >= 11 is 6.23. The van der Waals surface area contributed by atoms with Gasteiger partial charge in [0.15, 0.2) is 0 Å². The minimum atomic E-state index is -1.07. The van der Waals surface area contributed by atoms with E-state index in [0.29, 0.717) is 53.2 Å². The van der Waals surface area contributed by atoms with Gasteiger partial charge in [0.1, 0.15) is 17.6 Å². The third-order valence-electron chi connectivity index (χ3n) is 9.14.